The number of rotatable bonds is 6. The summed E-state index contributed by atoms with van der Waals surface area (Å²) in [6.45, 7) is 10.5. The summed E-state index contributed by atoms with van der Waals surface area (Å²) >= 11 is 0. The molecule has 4 rings (SSSR count). The van der Waals surface area contributed by atoms with Crippen molar-refractivity contribution in [2.45, 2.75) is 53.1 Å². The summed E-state index contributed by atoms with van der Waals surface area (Å²) in [7, 11) is 1.74. The molecule has 1 atom stereocenters. The second-order valence-corrected chi connectivity index (χ2v) is 8.37. The molecule has 0 aliphatic carbocycles. The second-order valence-electron chi connectivity index (χ2n) is 8.37. The first-order valence-corrected chi connectivity index (χ1v) is 10.9. The van der Waals surface area contributed by atoms with E-state index in [-0.39, 0.29) is 6.04 Å². The van der Waals surface area contributed by atoms with Crippen molar-refractivity contribution in [2.75, 3.05) is 19.0 Å². The molecule has 31 heavy (non-hydrogen) atoms. The molecule has 3 aromatic rings. The number of pyridine rings is 1. The maximum atomic E-state index is 5.55. The van der Waals surface area contributed by atoms with E-state index in [0.29, 0.717) is 0 Å². The Kier molecular flexibility index (Phi) is 6.18. The largest absolute Gasteiger partial charge is 0.496 e. The zero-order valence-corrected chi connectivity index (χ0v) is 19.1. The van der Waals surface area contributed by atoms with Crippen molar-refractivity contribution < 1.29 is 4.74 Å². The number of likely N-dealkylation sites (tertiary alicyclic amines) is 1. The topological polar surface area (TPSA) is 63.2 Å². The lowest BCUT2D eigenvalue weighted by molar-refractivity contribution is 0.243. The van der Waals surface area contributed by atoms with Crippen LogP contribution in [0.25, 0.3) is 0 Å². The molecule has 2 aromatic heterocycles. The van der Waals surface area contributed by atoms with Gasteiger partial charge in [-0.05, 0) is 87.5 Å². The Morgan fingerprint density at radius 1 is 1.06 bits per heavy atom. The molecule has 1 aliphatic heterocycles. The Morgan fingerprint density at radius 2 is 1.90 bits per heavy atom. The molecule has 0 amide bonds. The fourth-order valence-electron chi connectivity index (χ4n) is 4.45. The molecule has 1 N–H and O–H groups in total. The van der Waals surface area contributed by atoms with Crippen LogP contribution in [0.15, 0.2) is 36.7 Å². The molecule has 0 saturated carbocycles. The maximum absolute atomic E-state index is 5.55. The van der Waals surface area contributed by atoms with Crippen LogP contribution in [-0.4, -0.2) is 33.5 Å². The number of methoxy groups -OCH3 is 1. The molecule has 1 aromatic carbocycles. The number of nitrogens with zero attached hydrogens (tertiary/aromatic N) is 4. The highest BCUT2D eigenvalue weighted by Crippen LogP contribution is 2.35. The summed E-state index contributed by atoms with van der Waals surface area (Å²) in [5, 5.41) is 3.29. The number of hydrogen-bond acceptors (Lipinski definition) is 6. The first-order valence-electron chi connectivity index (χ1n) is 10.9. The highest BCUT2D eigenvalue weighted by molar-refractivity contribution is 5.51. The molecule has 0 spiro atoms. The Hall–Kier alpha value is -2.99. The summed E-state index contributed by atoms with van der Waals surface area (Å²) in [4.78, 5) is 16.4. The van der Waals surface area contributed by atoms with Gasteiger partial charge >= 0.3 is 0 Å². The molecule has 6 nitrogen and oxygen atoms in total. The molecule has 6 heteroatoms. The van der Waals surface area contributed by atoms with E-state index in [9.17, 15) is 0 Å². The molecule has 0 radical (unpaired) electrons. The van der Waals surface area contributed by atoms with Crippen molar-refractivity contribution in [3.05, 3.63) is 70.3 Å². The van der Waals surface area contributed by atoms with Gasteiger partial charge in [0.05, 0.1) is 31.2 Å². The van der Waals surface area contributed by atoms with Gasteiger partial charge < -0.3 is 10.1 Å². The van der Waals surface area contributed by atoms with Gasteiger partial charge in [-0.2, -0.15) is 0 Å². The van der Waals surface area contributed by atoms with Gasteiger partial charge in [0.25, 0.3) is 0 Å². The molecule has 0 unspecified atom stereocenters. The average molecular weight is 418 g/mol. The quantitative estimate of drug-likeness (QED) is 0.595. The minimum absolute atomic E-state index is 0.265. The van der Waals surface area contributed by atoms with Crippen molar-refractivity contribution in [2.24, 2.45) is 0 Å². The van der Waals surface area contributed by atoms with E-state index >= 15 is 0 Å². The second kappa shape index (κ2) is 9.02. The van der Waals surface area contributed by atoms with Crippen molar-refractivity contribution >= 4 is 11.6 Å². The summed E-state index contributed by atoms with van der Waals surface area (Å²) in [5.74, 6) is 2.48. The van der Waals surface area contributed by atoms with Crippen LogP contribution in [0.5, 0.6) is 5.75 Å². The van der Waals surface area contributed by atoms with Crippen LogP contribution in [0.3, 0.4) is 0 Å². The molecule has 1 saturated heterocycles. The van der Waals surface area contributed by atoms with E-state index in [2.05, 4.69) is 47.0 Å². The van der Waals surface area contributed by atoms with Crippen LogP contribution in [0, 0.1) is 27.7 Å². The van der Waals surface area contributed by atoms with E-state index in [0.717, 1.165) is 54.7 Å². The third-order valence-corrected chi connectivity index (χ3v) is 6.29. The van der Waals surface area contributed by atoms with E-state index in [1.54, 1.807) is 13.3 Å². The lowest BCUT2D eigenvalue weighted by Crippen LogP contribution is -2.25. The van der Waals surface area contributed by atoms with Gasteiger partial charge in [0.15, 0.2) is 0 Å². The SMILES string of the molecule is COc1cc(C)c(CN2CCC[C@H]2c2cncc(Nc3cccc(C)n3)n2)c(C)c1C. The summed E-state index contributed by atoms with van der Waals surface area (Å²) in [6.07, 6.45) is 5.91. The molecule has 162 valence electrons. The zero-order valence-electron chi connectivity index (χ0n) is 19.1. The van der Waals surface area contributed by atoms with Crippen LogP contribution in [0.4, 0.5) is 11.6 Å². The molecule has 1 fully saturated rings. The molecule has 3 heterocycles. The number of nitrogens with one attached hydrogen (secondary N) is 1. The smallest absolute Gasteiger partial charge is 0.150 e. The Morgan fingerprint density at radius 3 is 2.68 bits per heavy atom. The zero-order chi connectivity index (χ0) is 22.0. The minimum Gasteiger partial charge on any atom is -0.496 e. The predicted molar refractivity (Wildman–Crippen MR) is 124 cm³/mol. The Balaban J connectivity index is 1.56. The van der Waals surface area contributed by atoms with E-state index in [1.165, 1.54) is 22.3 Å². The van der Waals surface area contributed by atoms with Crippen LogP contribution in [-0.2, 0) is 6.54 Å². The van der Waals surface area contributed by atoms with Gasteiger partial charge in [-0.1, -0.05) is 6.07 Å². The number of anilines is 2. The van der Waals surface area contributed by atoms with E-state index in [1.807, 2.05) is 31.3 Å². The molecular weight excluding hydrogens is 386 g/mol. The highest BCUT2D eigenvalue weighted by atomic mass is 16.5. The van der Waals surface area contributed by atoms with Crippen LogP contribution < -0.4 is 10.1 Å². The van der Waals surface area contributed by atoms with Crippen molar-refractivity contribution in [3.8, 4) is 5.75 Å². The van der Waals surface area contributed by atoms with Gasteiger partial charge in [0.2, 0.25) is 0 Å². The average Bonchev–Trinajstić information content (AvgIpc) is 3.22. The Bertz CT molecular complexity index is 1080. The van der Waals surface area contributed by atoms with Gasteiger partial charge in [0.1, 0.15) is 17.4 Å². The minimum atomic E-state index is 0.265. The van der Waals surface area contributed by atoms with Crippen LogP contribution in [0.1, 0.15) is 52.5 Å². The monoisotopic (exact) mass is 417 g/mol. The Labute approximate surface area is 184 Å². The lowest BCUT2D eigenvalue weighted by Gasteiger charge is -2.26. The first kappa shape index (κ1) is 21.2. The maximum Gasteiger partial charge on any atom is 0.150 e. The summed E-state index contributed by atoms with van der Waals surface area (Å²) in [6, 6.07) is 8.33. The van der Waals surface area contributed by atoms with E-state index in [4.69, 9.17) is 9.72 Å². The van der Waals surface area contributed by atoms with Crippen molar-refractivity contribution in [1.29, 1.82) is 0 Å². The van der Waals surface area contributed by atoms with Gasteiger partial charge in [-0.15, -0.1) is 0 Å². The van der Waals surface area contributed by atoms with Gasteiger partial charge in [0, 0.05) is 12.2 Å². The standard InChI is InChI=1S/C25H31N5O/c1-16-12-23(31-5)19(4)18(3)20(16)15-30-11-7-9-22(30)21-13-26-14-25(28-21)29-24-10-6-8-17(2)27-24/h6,8,10,12-14,22H,7,9,11,15H2,1-5H3,(H,27,28,29)/t22-/m0/s1. The molecular formula is C25H31N5O. The van der Waals surface area contributed by atoms with Crippen LogP contribution in [0.2, 0.25) is 0 Å². The number of hydrogen-bond donors (Lipinski definition) is 1. The molecule has 1 aliphatic rings. The number of aryl methyl sites for hydroxylation is 2. The number of ether oxygens (including phenoxy) is 1. The van der Waals surface area contributed by atoms with Gasteiger partial charge in [-0.3, -0.25) is 9.88 Å². The summed E-state index contributed by atoms with van der Waals surface area (Å²) in [5.41, 5.74) is 7.17. The fraction of sp³-hybridized carbons (Fsp3) is 0.400. The number of benzene rings is 1. The lowest BCUT2D eigenvalue weighted by atomic mass is 9.96. The third kappa shape index (κ3) is 4.54. The fourth-order valence-corrected chi connectivity index (χ4v) is 4.45. The third-order valence-electron chi connectivity index (χ3n) is 6.29. The normalized spacial score (nSPS) is 16.5. The summed E-state index contributed by atoms with van der Waals surface area (Å²) < 4.78 is 5.55. The van der Waals surface area contributed by atoms with Crippen molar-refractivity contribution in [1.82, 2.24) is 19.9 Å². The van der Waals surface area contributed by atoms with Gasteiger partial charge in [-0.25, -0.2) is 9.97 Å². The first-order chi connectivity index (χ1) is 15.0. The van der Waals surface area contributed by atoms with Crippen LogP contribution >= 0.6 is 0 Å². The molecule has 0 bridgehead atoms. The predicted octanol–water partition coefficient (Wildman–Crippen LogP) is 5.19. The number of aromatic nitrogens is 3. The van der Waals surface area contributed by atoms with E-state index < -0.39 is 0 Å². The highest BCUT2D eigenvalue weighted by Gasteiger charge is 2.28. The van der Waals surface area contributed by atoms with Crippen molar-refractivity contribution in [3.63, 3.8) is 0 Å².